The van der Waals surface area contributed by atoms with Crippen molar-refractivity contribution in [3.63, 3.8) is 0 Å². The van der Waals surface area contributed by atoms with Crippen LogP contribution >= 0.6 is 0 Å². The second-order valence-corrected chi connectivity index (χ2v) is 5.04. The van der Waals surface area contributed by atoms with E-state index in [0.717, 1.165) is 50.6 Å². The lowest BCUT2D eigenvalue weighted by Crippen LogP contribution is -2.32. The summed E-state index contributed by atoms with van der Waals surface area (Å²) in [5.74, 6) is 0.876. The Bertz CT molecular complexity index is 426. The van der Waals surface area contributed by atoms with Crippen LogP contribution in [-0.4, -0.2) is 63.5 Å². The Morgan fingerprint density at radius 3 is 2.80 bits per heavy atom. The van der Waals surface area contributed by atoms with E-state index in [4.69, 9.17) is 9.84 Å². The molecular formula is C15H25N3O2. The average Bonchev–Trinajstić information content (AvgIpc) is 2.72. The van der Waals surface area contributed by atoms with Gasteiger partial charge in [0.25, 0.3) is 0 Å². The van der Waals surface area contributed by atoms with Crippen LogP contribution in [0.5, 0.6) is 5.75 Å². The van der Waals surface area contributed by atoms with E-state index in [-0.39, 0.29) is 6.61 Å². The Kier molecular flexibility index (Phi) is 5.49. The van der Waals surface area contributed by atoms with E-state index in [1.54, 1.807) is 7.11 Å². The van der Waals surface area contributed by atoms with Crippen LogP contribution < -0.4 is 15.0 Å². The van der Waals surface area contributed by atoms with Crippen molar-refractivity contribution in [3.05, 3.63) is 18.2 Å². The van der Waals surface area contributed by atoms with Gasteiger partial charge in [0.05, 0.1) is 19.4 Å². The molecule has 1 saturated heterocycles. The normalized spacial score (nSPS) is 16.9. The predicted molar refractivity (Wildman–Crippen MR) is 82.9 cm³/mol. The quantitative estimate of drug-likeness (QED) is 0.849. The molecule has 0 saturated carbocycles. The number of benzene rings is 1. The number of methoxy groups -OCH3 is 1. The summed E-state index contributed by atoms with van der Waals surface area (Å²) in [4.78, 5) is 4.71. The van der Waals surface area contributed by atoms with Crippen LogP contribution in [0.2, 0.25) is 0 Å². The molecule has 1 aliphatic rings. The Hall–Kier alpha value is -1.46. The molecule has 1 aromatic carbocycles. The predicted octanol–water partition coefficient (Wildman–Crippen LogP) is 1.24. The largest absolute Gasteiger partial charge is 0.495 e. The summed E-state index contributed by atoms with van der Waals surface area (Å²) in [6.45, 7) is 5.10. The van der Waals surface area contributed by atoms with Crippen molar-refractivity contribution in [3.8, 4) is 5.75 Å². The summed E-state index contributed by atoms with van der Waals surface area (Å²) in [7, 11) is 3.60. The van der Waals surface area contributed by atoms with Crippen LogP contribution in [0.15, 0.2) is 18.2 Å². The van der Waals surface area contributed by atoms with Crippen LogP contribution in [0.1, 0.15) is 6.42 Å². The van der Waals surface area contributed by atoms with Crippen molar-refractivity contribution in [2.45, 2.75) is 6.42 Å². The second kappa shape index (κ2) is 7.36. The van der Waals surface area contributed by atoms with Gasteiger partial charge in [0, 0.05) is 45.0 Å². The number of ether oxygens (including phenoxy) is 1. The van der Waals surface area contributed by atoms with Gasteiger partial charge in [-0.05, 0) is 25.1 Å². The third kappa shape index (κ3) is 3.55. The SMILES string of the molecule is CNc1ccc(N2CCCN(CCO)CC2)cc1OC. The maximum Gasteiger partial charge on any atom is 0.144 e. The molecule has 0 aliphatic carbocycles. The van der Waals surface area contributed by atoms with Crippen molar-refractivity contribution in [1.82, 2.24) is 4.90 Å². The van der Waals surface area contributed by atoms with Crippen LogP contribution in [0, 0.1) is 0 Å². The summed E-state index contributed by atoms with van der Waals surface area (Å²) in [5, 5.41) is 12.2. The minimum Gasteiger partial charge on any atom is -0.495 e. The number of nitrogens with zero attached hydrogens (tertiary/aromatic N) is 2. The van der Waals surface area contributed by atoms with E-state index < -0.39 is 0 Å². The fourth-order valence-corrected chi connectivity index (χ4v) is 2.68. The van der Waals surface area contributed by atoms with E-state index in [0.29, 0.717) is 0 Å². The molecule has 0 spiro atoms. The fraction of sp³-hybridized carbons (Fsp3) is 0.600. The van der Waals surface area contributed by atoms with E-state index >= 15 is 0 Å². The molecule has 0 unspecified atom stereocenters. The van der Waals surface area contributed by atoms with Crippen molar-refractivity contribution >= 4 is 11.4 Å². The minimum absolute atomic E-state index is 0.241. The summed E-state index contributed by atoms with van der Waals surface area (Å²) in [6, 6.07) is 6.29. The second-order valence-electron chi connectivity index (χ2n) is 5.04. The number of rotatable bonds is 5. The van der Waals surface area contributed by atoms with Gasteiger partial charge in [0.15, 0.2) is 0 Å². The van der Waals surface area contributed by atoms with E-state index in [9.17, 15) is 0 Å². The molecule has 0 aromatic heterocycles. The smallest absolute Gasteiger partial charge is 0.144 e. The first-order valence-corrected chi connectivity index (χ1v) is 7.22. The van der Waals surface area contributed by atoms with Crippen molar-refractivity contribution < 1.29 is 9.84 Å². The van der Waals surface area contributed by atoms with Crippen LogP contribution in [-0.2, 0) is 0 Å². The first-order chi connectivity index (χ1) is 9.78. The summed E-state index contributed by atoms with van der Waals surface area (Å²) < 4.78 is 5.43. The maximum atomic E-state index is 9.04. The molecule has 1 fully saturated rings. The van der Waals surface area contributed by atoms with Gasteiger partial charge in [0.1, 0.15) is 5.75 Å². The van der Waals surface area contributed by atoms with Gasteiger partial charge in [-0.25, -0.2) is 0 Å². The zero-order chi connectivity index (χ0) is 14.4. The minimum atomic E-state index is 0.241. The van der Waals surface area contributed by atoms with E-state index in [1.807, 2.05) is 7.05 Å². The van der Waals surface area contributed by atoms with E-state index in [2.05, 4.69) is 33.3 Å². The summed E-state index contributed by atoms with van der Waals surface area (Å²) in [6.07, 6.45) is 1.12. The Morgan fingerprint density at radius 1 is 1.25 bits per heavy atom. The van der Waals surface area contributed by atoms with Crippen LogP contribution in [0.4, 0.5) is 11.4 Å². The molecule has 0 bridgehead atoms. The van der Waals surface area contributed by atoms with Gasteiger partial charge >= 0.3 is 0 Å². The van der Waals surface area contributed by atoms with Crippen molar-refractivity contribution in [2.24, 2.45) is 0 Å². The molecule has 112 valence electrons. The summed E-state index contributed by atoms with van der Waals surface area (Å²) in [5.41, 5.74) is 2.21. The lowest BCUT2D eigenvalue weighted by atomic mass is 10.2. The molecule has 0 atom stereocenters. The standard InChI is InChI=1S/C15H25N3O2/c1-16-14-5-4-13(12-15(14)20-2)18-7-3-6-17(8-9-18)10-11-19/h4-5,12,16,19H,3,6-11H2,1-2H3. The number of anilines is 2. The first kappa shape index (κ1) is 14.9. The molecule has 20 heavy (non-hydrogen) atoms. The monoisotopic (exact) mass is 279 g/mol. The number of aliphatic hydroxyl groups is 1. The molecule has 2 rings (SSSR count). The first-order valence-electron chi connectivity index (χ1n) is 7.22. The van der Waals surface area contributed by atoms with Crippen molar-refractivity contribution in [1.29, 1.82) is 0 Å². The Labute approximate surface area is 121 Å². The number of hydrogen-bond acceptors (Lipinski definition) is 5. The van der Waals surface area contributed by atoms with Gasteiger partial charge in [-0.15, -0.1) is 0 Å². The molecule has 5 heteroatoms. The van der Waals surface area contributed by atoms with E-state index in [1.165, 1.54) is 5.69 Å². The van der Waals surface area contributed by atoms with Crippen LogP contribution in [0.3, 0.4) is 0 Å². The van der Waals surface area contributed by atoms with Gasteiger partial charge in [-0.1, -0.05) is 0 Å². The molecule has 0 amide bonds. The van der Waals surface area contributed by atoms with Gasteiger partial charge < -0.3 is 20.1 Å². The lowest BCUT2D eigenvalue weighted by molar-refractivity contribution is 0.204. The highest BCUT2D eigenvalue weighted by Crippen LogP contribution is 2.29. The molecular weight excluding hydrogens is 254 g/mol. The van der Waals surface area contributed by atoms with Gasteiger partial charge in [-0.3, -0.25) is 4.90 Å². The fourth-order valence-electron chi connectivity index (χ4n) is 2.68. The highest BCUT2D eigenvalue weighted by molar-refractivity contribution is 5.64. The Morgan fingerprint density at radius 2 is 2.10 bits per heavy atom. The highest BCUT2D eigenvalue weighted by atomic mass is 16.5. The highest BCUT2D eigenvalue weighted by Gasteiger charge is 2.15. The molecule has 1 aromatic rings. The topological polar surface area (TPSA) is 48.0 Å². The molecule has 0 radical (unpaired) electrons. The molecule has 2 N–H and O–H groups in total. The Balaban J connectivity index is 2.07. The average molecular weight is 279 g/mol. The summed E-state index contributed by atoms with van der Waals surface area (Å²) >= 11 is 0. The molecule has 1 heterocycles. The number of β-amino-alcohol motifs (C(OH)–C–C–N with tert-alkyl or cyclic N) is 1. The van der Waals surface area contributed by atoms with Gasteiger partial charge in [0.2, 0.25) is 0 Å². The number of aliphatic hydroxyl groups excluding tert-OH is 1. The zero-order valence-corrected chi connectivity index (χ0v) is 12.4. The lowest BCUT2D eigenvalue weighted by Gasteiger charge is -2.24. The third-order valence-electron chi connectivity index (χ3n) is 3.82. The molecule has 1 aliphatic heterocycles. The molecule has 5 nitrogen and oxygen atoms in total. The third-order valence-corrected chi connectivity index (χ3v) is 3.82. The number of nitrogens with one attached hydrogen (secondary N) is 1. The maximum absolute atomic E-state index is 9.04. The number of hydrogen-bond donors (Lipinski definition) is 2. The zero-order valence-electron chi connectivity index (χ0n) is 12.4. The van der Waals surface area contributed by atoms with Crippen molar-refractivity contribution in [2.75, 3.05) is 63.7 Å². The van der Waals surface area contributed by atoms with Crippen LogP contribution in [0.25, 0.3) is 0 Å². The van der Waals surface area contributed by atoms with Gasteiger partial charge in [-0.2, -0.15) is 0 Å².